The Morgan fingerprint density at radius 2 is 2.12 bits per heavy atom. The van der Waals surface area contributed by atoms with Gasteiger partial charge in [0.1, 0.15) is 28.6 Å². The number of aromatic amines is 1. The molecule has 6 rings (SSSR count). The number of likely N-dealkylation sites (tertiary alicyclic amines) is 1. The Bertz CT molecular complexity index is 1490. The maximum absolute atomic E-state index is 12.8. The maximum atomic E-state index is 12.8. The molecule has 8 nitrogen and oxygen atoms in total. The van der Waals surface area contributed by atoms with E-state index in [0.717, 1.165) is 57.8 Å². The molecule has 0 aliphatic carbocycles. The Morgan fingerprint density at radius 1 is 1.26 bits per heavy atom. The van der Waals surface area contributed by atoms with E-state index < -0.39 is 0 Å². The maximum Gasteiger partial charge on any atom is 0.254 e. The molecular weight excluding hydrogens is 448 g/mol. The Labute approximate surface area is 200 Å². The van der Waals surface area contributed by atoms with Crippen LogP contribution >= 0.6 is 11.3 Å². The van der Waals surface area contributed by atoms with Crippen molar-refractivity contribution in [3.8, 4) is 17.1 Å². The molecule has 172 valence electrons. The van der Waals surface area contributed by atoms with Crippen LogP contribution in [0.2, 0.25) is 0 Å². The van der Waals surface area contributed by atoms with Gasteiger partial charge in [0.25, 0.3) is 5.91 Å². The smallest absolute Gasteiger partial charge is 0.254 e. The van der Waals surface area contributed by atoms with Crippen LogP contribution in [-0.2, 0) is 0 Å². The normalized spacial score (nSPS) is 14.8. The summed E-state index contributed by atoms with van der Waals surface area (Å²) in [6.45, 7) is 1.40. The highest BCUT2D eigenvalue weighted by atomic mass is 32.1. The van der Waals surface area contributed by atoms with Gasteiger partial charge in [-0.1, -0.05) is 6.07 Å². The van der Waals surface area contributed by atoms with Gasteiger partial charge in [-0.3, -0.25) is 9.20 Å². The fourth-order valence-corrected chi connectivity index (χ4v) is 5.54. The number of methoxy groups -OCH3 is 1. The molecule has 3 N–H and O–H groups in total. The number of nitrogen functional groups attached to an aromatic ring is 1. The Balaban J connectivity index is 1.36. The van der Waals surface area contributed by atoms with E-state index in [-0.39, 0.29) is 11.8 Å². The molecule has 0 saturated carbocycles. The van der Waals surface area contributed by atoms with Crippen LogP contribution in [0.25, 0.3) is 27.8 Å². The molecule has 0 unspecified atom stereocenters. The summed E-state index contributed by atoms with van der Waals surface area (Å²) in [7, 11) is 1.67. The Hall–Kier alpha value is -3.85. The molecule has 0 radical (unpaired) electrons. The number of hydrogen-bond acceptors (Lipinski definition) is 6. The number of piperidine rings is 1. The lowest BCUT2D eigenvalue weighted by atomic mass is 9.95. The van der Waals surface area contributed by atoms with Crippen LogP contribution in [-0.4, -0.2) is 50.4 Å². The molecule has 34 heavy (non-hydrogen) atoms. The number of fused-ring (bicyclic) bond motifs is 2. The molecule has 4 aromatic heterocycles. The van der Waals surface area contributed by atoms with E-state index in [1.165, 1.54) is 0 Å². The largest absolute Gasteiger partial charge is 0.496 e. The van der Waals surface area contributed by atoms with E-state index in [0.29, 0.717) is 18.9 Å². The number of amides is 1. The predicted octanol–water partition coefficient (Wildman–Crippen LogP) is 4.55. The SMILES string of the molecule is COc1cccc2[nH]c(-c3nc(C4CCN(C(=O)c5ccsc5)CC4)n4ccnc(N)c34)cc12. The fourth-order valence-electron chi connectivity index (χ4n) is 4.91. The van der Waals surface area contributed by atoms with Crippen molar-refractivity contribution in [3.05, 3.63) is 64.9 Å². The van der Waals surface area contributed by atoms with Crippen LogP contribution in [0.4, 0.5) is 5.82 Å². The number of nitrogens with zero attached hydrogens (tertiary/aromatic N) is 4. The van der Waals surface area contributed by atoms with Crippen molar-refractivity contribution < 1.29 is 9.53 Å². The minimum atomic E-state index is 0.105. The first-order chi connectivity index (χ1) is 16.6. The molecule has 5 aromatic rings. The quantitative estimate of drug-likeness (QED) is 0.400. The number of rotatable bonds is 4. The van der Waals surface area contributed by atoms with Crippen LogP contribution in [0.1, 0.15) is 34.9 Å². The third-order valence-corrected chi connectivity index (χ3v) is 7.31. The number of nitrogens with two attached hydrogens (primary N) is 1. The number of thiophene rings is 1. The van der Waals surface area contributed by atoms with Gasteiger partial charge in [-0.05, 0) is 42.5 Å². The molecule has 5 heterocycles. The number of nitrogens with one attached hydrogen (secondary N) is 1. The monoisotopic (exact) mass is 472 g/mol. The molecule has 9 heteroatoms. The van der Waals surface area contributed by atoms with Crippen molar-refractivity contribution in [2.24, 2.45) is 0 Å². The van der Waals surface area contributed by atoms with Crippen LogP contribution in [0.3, 0.4) is 0 Å². The number of aromatic nitrogens is 4. The highest BCUT2D eigenvalue weighted by Crippen LogP contribution is 2.36. The van der Waals surface area contributed by atoms with Crippen molar-refractivity contribution in [1.29, 1.82) is 0 Å². The number of anilines is 1. The summed E-state index contributed by atoms with van der Waals surface area (Å²) in [6.07, 6.45) is 5.32. The van der Waals surface area contributed by atoms with Gasteiger partial charge in [0.15, 0.2) is 0 Å². The molecule has 1 aliphatic rings. The van der Waals surface area contributed by atoms with Crippen molar-refractivity contribution in [2.45, 2.75) is 18.8 Å². The highest BCUT2D eigenvalue weighted by Gasteiger charge is 2.29. The number of hydrogen-bond donors (Lipinski definition) is 2. The summed E-state index contributed by atoms with van der Waals surface area (Å²) in [5.41, 5.74) is 10.5. The molecule has 0 bridgehead atoms. The van der Waals surface area contributed by atoms with Crippen LogP contribution in [0.15, 0.2) is 53.5 Å². The number of carbonyl (C=O) groups excluding carboxylic acids is 1. The highest BCUT2D eigenvalue weighted by molar-refractivity contribution is 7.08. The topological polar surface area (TPSA) is 102 Å². The number of ether oxygens (including phenoxy) is 1. The minimum absolute atomic E-state index is 0.105. The van der Waals surface area contributed by atoms with E-state index in [2.05, 4.69) is 20.4 Å². The second kappa shape index (κ2) is 8.18. The summed E-state index contributed by atoms with van der Waals surface area (Å²) in [5, 5.41) is 4.84. The number of imidazole rings is 1. The third kappa shape index (κ3) is 3.31. The molecule has 1 aromatic carbocycles. The van der Waals surface area contributed by atoms with Crippen molar-refractivity contribution >= 4 is 39.5 Å². The molecule has 1 fully saturated rings. The molecule has 0 atom stereocenters. The van der Waals surface area contributed by atoms with Crippen molar-refractivity contribution in [2.75, 3.05) is 25.9 Å². The number of H-pyrrole nitrogens is 1. The van der Waals surface area contributed by atoms with E-state index in [1.54, 1.807) is 24.6 Å². The standard InChI is InChI=1S/C25H24N6O2S/c1-33-20-4-2-3-18-17(20)13-19(28-18)21-22-23(26)27-8-11-31(22)24(29-21)15-5-9-30(10-6-15)25(32)16-7-12-34-14-16/h2-4,7-8,11-15,28H,5-6,9-10H2,1H3,(H2,26,27). The molecule has 0 spiro atoms. The minimum Gasteiger partial charge on any atom is -0.496 e. The molecule has 1 saturated heterocycles. The lowest BCUT2D eigenvalue weighted by molar-refractivity contribution is 0.0711. The van der Waals surface area contributed by atoms with E-state index in [1.807, 2.05) is 46.1 Å². The molecule has 1 aliphatic heterocycles. The Morgan fingerprint density at radius 3 is 2.88 bits per heavy atom. The Kier molecular flexibility index (Phi) is 4.99. The molecule has 1 amide bonds. The average Bonchev–Trinajstić information content (AvgIpc) is 3.62. The first kappa shape index (κ1) is 20.7. The predicted molar refractivity (Wildman–Crippen MR) is 133 cm³/mol. The first-order valence-electron chi connectivity index (χ1n) is 11.2. The second-order valence-electron chi connectivity index (χ2n) is 8.53. The average molecular weight is 473 g/mol. The van der Waals surface area contributed by atoms with Gasteiger partial charge in [0.05, 0.1) is 18.4 Å². The van der Waals surface area contributed by atoms with Gasteiger partial charge in [0, 0.05) is 47.7 Å². The van der Waals surface area contributed by atoms with Gasteiger partial charge in [-0.15, -0.1) is 0 Å². The summed E-state index contributed by atoms with van der Waals surface area (Å²) >= 11 is 1.55. The van der Waals surface area contributed by atoms with Gasteiger partial charge < -0.3 is 20.4 Å². The van der Waals surface area contributed by atoms with Gasteiger partial charge in [0.2, 0.25) is 0 Å². The lowest BCUT2D eigenvalue weighted by Gasteiger charge is -2.31. The summed E-state index contributed by atoms with van der Waals surface area (Å²) in [6, 6.07) is 9.85. The molecular formula is C25H24N6O2S. The van der Waals surface area contributed by atoms with Crippen LogP contribution in [0.5, 0.6) is 5.75 Å². The number of benzene rings is 1. The fraction of sp³-hybridized carbons (Fsp3) is 0.240. The summed E-state index contributed by atoms with van der Waals surface area (Å²) < 4.78 is 7.59. The van der Waals surface area contributed by atoms with Crippen LogP contribution < -0.4 is 10.5 Å². The zero-order chi connectivity index (χ0) is 23.2. The van der Waals surface area contributed by atoms with E-state index in [4.69, 9.17) is 15.5 Å². The zero-order valence-corrected chi connectivity index (χ0v) is 19.5. The van der Waals surface area contributed by atoms with E-state index >= 15 is 0 Å². The zero-order valence-electron chi connectivity index (χ0n) is 18.7. The number of carbonyl (C=O) groups is 1. The summed E-state index contributed by atoms with van der Waals surface area (Å²) in [5.74, 6) is 2.51. The van der Waals surface area contributed by atoms with Crippen LogP contribution in [0, 0.1) is 0 Å². The van der Waals surface area contributed by atoms with Crippen molar-refractivity contribution in [1.82, 2.24) is 24.3 Å². The van der Waals surface area contributed by atoms with E-state index in [9.17, 15) is 4.79 Å². The van der Waals surface area contributed by atoms with Gasteiger partial charge >= 0.3 is 0 Å². The second-order valence-corrected chi connectivity index (χ2v) is 9.31. The summed E-state index contributed by atoms with van der Waals surface area (Å²) in [4.78, 5) is 27.6. The van der Waals surface area contributed by atoms with Crippen molar-refractivity contribution in [3.63, 3.8) is 0 Å². The first-order valence-corrected chi connectivity index (χ1v) is 12.2. The van der Waals surface area contributed by atoms with Gasteiger partial charge in [-0.25, -0.2) is 9.97 Å². The lowest BCUT2D eigenvalue weighted by Crippen LogP contribution is -2.38. The third-order valence-electron chi connectivity index (χ3n) is 6.62. The van der Waals surface area contributed by atoms with Gasteiger partial charge in [-0.2, -0.15) is 11.3 Å².